The molecule has 0 aliphatic heterocycles. The summed E-state index contributed by atoms with van der Waals surface area (Å²) in [5, 5.41) is 10.4. The number of nitrogens with zero attached hydrogens (tertiary/aromatic N) is 1. The first-order valence-corrected chi connectivity index (χ1v) is 8.31. The molecule has 0 amide bonds. The fraction of sp³-hybridized carbons (Fsp3) is 0.667. The molecule has 0 radical (unpaired) electrons. The van der Waals surface area contributed by atoms with Crippen molar-refractivity contribution >= 4 is 0 Å². The van der Waals surface area contributed by atoms with E-state index >= 15 is 0 Å². The van der Waals surface area contributed by atoms with Gasteiger partial charge in [0, 0.05) is 12.6 Å². The van der Waals surface area contributed by atoms with Gasteiger partial charge in [0.1, 0.15) is 5.75 Å². The Morgan fingerprint density at radius 3 is 2.33 bits per heavy atom. The lowest BCUT2D eigenvalue weighted by atomic mass is 10.0. The van der Waals surface area contributed by atoms with Gasteiger partial charge in [0.05, 0.1) is 12.7 Å². The van der Waals surface area contributed by atoms with Gasteiger partial charge in [-0.3, -0.25) is 0 Å². The van der Waals surface area contributed by atoms with Crippen LogP contribution in [-0.2, 0) is 0 Å². The van der Waals surface area contributed by atoms with E-state index in [4.69, 9.17) is 4.74 Å². The van der Waals surface area contributed by atoms with Crippen molar-refractivity contribution in [1.82, 2.24) is 4.90 Å². The Bertz CT molecular complexity index is 396. The number of hydrogen-bond donors (Lipinski definition) is 1. The summed E-state index contributed by atoms with van der Waals surface area (Å²) in [7, 11) is 2.15. The molecule has 0 bridgehead atoms. The molecule has 0 spiro atoms. The maximum atomic E-state index is 10.4. The monoisotopic (exact) mass is 291 g/mol. The van der Waals surface area contributed by atoms with E-state index in [0.29, 0.717) is 19.2 Å². The Morgan fingerprint density at radius 2 is 1.76 bits per heavy atom. The predicted octanol–water partition coefficient (Wildman–Crippen LogP) is 3.77. The Hall–Kier alpha value is -1.06. The van der Waals surface area contributed by atoms with Crippen LogP contribution >= 0.6 is 0 Å². The van der Waals surface area contributed by atoms with E-state index in [9.17, 15) is 5.11 Å². The van der Waals surface area contributed by atoms with Crippen LogP contribution in [-0.4, -0.2) is 36.2 Å². The molecule has 21 heavy (non-hydrogen) atoms. The van der Waals surface area contributed by atoms with Crippen LogP contribution in [0.2, 0.25) is 0 Å². The lowest BCUT2D eigenvalue weighted by molar-refractivity contribution is 0.0990. The normalized spacial score (nSPS) is 18.5. The van der Waals surface area contributed by atoms with E-state index in [1.54, 1.807) is 0 Å². The molecule has 0 saturated heterocycles. The number of benzene rings is 1. The van der Waals surface area contributed by atoms with Crippen molar-refractivity contribution in [3.05, 3.63) is 29.8 Å². The van der Waals surface area contributed by atoms with Crippen molar-refractivity contribution in [2.75, 3.05) is 20.2 Å². The zero-order chi connectivity index (χ0) is 15.1. The molecule has 3 nitrogen and oxygen atoms in total. The molecule has 1 aliphatic rings. The first-order valence-electron chi connectivity index (χ1n) is 8.31. The highest BCUT2D eigenvalue weighted by molar-refractivity contribution is 5.28. The Balaban J connectivity index is 1.88. The minimum absolute atomic E-state index is 0.422. The molecule has 1 aromatic rings. The lowest BCUT2D eigenvalue weighted by Gasteiger charge is -2.29. The third-order valence-electron chi connectivity index (χ3n) is 4.48. The van der Waals surface area contributed by atoms with Crippen LogP contribution in [0.25, 0.3) is 0 Å². The highest BCUT2D eigenvalue weighted by atomic mass is 16.5. The number of hydrogen-bond acceptors (Lipinski definition) is 3. The van der Waals surface area contributed by atoms with Crippen molar-refractivity contribution in [3.8, 4) is 5.75 Å². The molecular formula is C18H29NO2. The van der Waals surface area contributed by atoms with Crippen LogP contribution < -0.4 is 4.74 Å². The fourth-order valence-electron chi connectivity index (χ4n) is 3.18. The van der Waals surface area contributed by atoms with Gasteiger partial charge >= 0.3 is 0 Å². The molecule has 2 rings (SSSR count). The average Bonchev–Trinajstić information content (AvgIpc) is 2.77. The molecule has 1 unspecified atom stereocenters. The number of aliphatic hydroxyl groups excluding tert-OH is 1. The summed E-state index contributed by atoms with van der Waals surface area (Å²) >= 11 is 0. The van der Waals surface area contributed by atoms with Crippen molar-refractivity contribution in [1.29, 1.82) is 0 Å². The Labute approximate surface area is 128 Å². The third-order valence-corrected chi connectivity index (χ3v) is 4.48. The van der Waals surface area contributed by atoms with Crippen molar-refractivity contribution < 1.29 is 9.84 Å². The summed E-state index contributed by atoms with van der Waals surface area (Å²) in [4.78, 5) is 2.34. The van der Waals surface area contributed by atoms with Crippen molar-refractivity contribution in [2.45, 2.75) is 57.6 Å². The van der Waals surface area contributed by atoms with Crippen LogP contribution in [0.4, 0.5) is 0 Å². The molecule has 1 aliphatic carbocycles. The minimum atomic E-state index is -0.422. The first kappa shape index (κ1) is 16.3. The summed E-state index contributed by atoms with van der Waals surface area (Å²) in [6.45, 7) is 3.36. The molecule has 1 saturated carbocycles. The molecule has 3 heteroatoms. The van der Waals surface area contributed by atoms with Gasteiger partial charge < -0.3 is 14.7 Å². The standard InChI is InChI=1S/C18H29NO2/c1-3-21-17-12-10-15(11-13-17)18(20)14-19(2)16-8-6-4-5-7-9-16/h10-13,16,18,20H,3-9,14H2,1-2H3. The maximum Gasteiger partial charge on any atom is 0.119 e. The van der Waals surface area contributed by atoms with E-state index in [-0.39, 0.29) is 0 Å². The van der Waals surface area contributed by atoms with Crippen LogP contribution in [0.1, 0.15) is 57.1 Å². The van der Waals surface area contributed by atoms with Gasteiger partial charge in [-0.05, 0) is 44.5 Å². The van der Waals surface area contributed by atoms with E-state index in [2.05, 4.69) is 11.9 Å². The molecule has 1 atom stereocenters. The molecule has 1 aromatic carbocycles. The topological polar surface area (TPSA) is 32.7 Å². The summed E-state index contributed by atoms with van der Waals surface area (Å²) < 4.78 is 5.44. The third kappa shape index (κ3) is 5.01. The van der Waals surface area contributed by atoms with Gasteiger partial charge in [-0.2, -0.15) is 0 Å². The number of ether oxygens (including phenoxy) is 1. The number of likely N-dealkylation sites (N-methyl/N-ethyl adjacent to an activating group) is 1. The Kier molecular flexibility index (Phi) is 6.52. The predicted molar refractivity (Wildman–Crippen MR) is 86.7 cm³/mol. The van der Waals surface area contributed by atoms with Gasteiger partial charge in [-0.25, -0.2) is 0 Å². The van der Waals surface area contributed by atoms with E-state index in [1.807, 2.05) is 31.2 Å². The van der Waals surface area contributed by atoms with Crippen LogP contribution in [0.15, 0.2) is 24.3 Å². The second-order valence-corrected chi connectivity index (χ2v) is 6.10. The molecule has 1 N–H and O–H groups in total. The second kappa shape index (κ2) is 8.40. The SMILES string of the molecule is CCOc1ccc(C(O)CN(C)C2CCCCCC2)cc1. The minimum Gasteiger partial charge on any atom is -0.494 e. The van der Waals surface area contributed by atoms with Gasteiger partial charge in [0.25, 0.3) is 0 Å². The average molecular weight is 291 g/mol. The lowest BCUT2D eigenvalue weighted by Crippen LogP contribution is -2.34. The van der Waals surface area contributed by atoms with Crippen molar-refractivity contribution in [3.63, 3.8) is 0 Å². The summed E-state index contributed by atoms with van der Waals surface area (Å²) in [6, 6.07) is 8.44. The molecule has 1 fully saturated rings. The Morgan fingerprint density at radius 1 is 1.14 bits per heavy atom. The van der Waals surface area contributed by atoms with Crippen molar-refractivity contribution in [2.24, 2.45) is 0 Å². The van der Waals surface area contributed by atoms with E-state index < -0.39 is 6.10 Å². The molecule has 0 aromatic heterocycles. The summed E-state index contributed by atoms with van der Waals surface area (Å²) in [5.41, 5.74) is 0.971. The van der Waals surface area contributed by atoms with Crippen LogP contribution in [0.5, 0.6) is 5.75 Å². The number of aliphatic hydroxyl groups is 1. The van der Waals surface area contributed by atoms with Gasteiger partial charge in [0.15, 0.2) is 0 Å². The highest BCUT2D eigenvalue weighted by Crippen LogP contribution is 2.24. The molecule has 118 valence electrons. The maximum absolute atomic E-state index is 10.4. The number of rotatable bonds is 6. The summed E-state index contributed by atoms with van der Waals surface area (Å²) in [5.74, 6) is 0.866. The molecule has 0 heterocycles. The first-order chi connectivity index (χ1) is 10.2. The second-order valence-electron chi connectivity index (χ2n) is 6.10. The van der Waals surface area contributed by atoms with Crippen LogP contribution in [0, 0.1) is 0 Å². The smallest absolute Gasteiger partial charge is 0.119 e. The van der Waals surface area contributed by atoms with Gasteiger partial charge in [-0.1, -0.05) is 37.8 Å². The fourth-order valence-corrected chi connectivity index (χ4v) is 3.18. The quantitative estimate of drug-likeness (QED) is 0.810. The van der Waals surface area contributed by atoms with E-state index in [0.717, 1.165) is 11.3 Å². The van der Waals surface area contributed by atoms with Gasteiger partial charge in [-0.15, -0.1) is 0 Å². The largest absolute Gasteiger partial charge is 0.494 e. The highest BCUT2D eigenvalue weighted by Gasteiger charge is 2.19. The summed E-state index contributed by atoms with van der Waals surface area (Å²) in [6.07, 6.45) is 7.51. The molecular weight excluding hydrogens is 262 g/mol. The van der Waals surface area contributed by atoms with Gasteiger partial charge in [0.2, 0.25) is 0 Å². The van der Waals surface area contributed by atoms with E-state index in [1.165, 1.54) is 38.5 Å². The van der Waals surface area contributed by atoms with Crippen LogP contribution in [0.3, 0.4) is 0 Å². The zero-order valence-electron chi connectivity index (χ0n) is 13.4. The zero-order valence-corrected chi connectivity index (χ0v) is 13.4.